The molecule has 0 bridgehead atoms. The Morgan fingerprint density at radius 2 is 1.14 bits per heavy atom. The average molecular weight is 414 g/mol. The molecule has 5 nitrogen and oxygen atoms in total. The molecule has 1 amide bonds. The fourth-order valence-electron chi connectivity index (χ4n) is 3.17. The van der Waals surface area contributed by atoms with Crippen LogP contribution in [0.4, 0.5) is 0 Å². The Labute approximate surface area is 179 Å². The Hall–Kier alpha value is -1.39. The zero-order chi connectivity index (χ0) is 22.3. The summed E-state index contributed by atoms with van der Waals surface area (Å²) in [6.07, 6.45) is 17.0. The topological polar surface area (TPSA) is 83.5 Å². The van der Waals surface area contributed by atoms with E-state index in [1.165, 1.54) is 71.1 Å². The van der Waals surface area contributed by atoms with E-state index < -0.39 is 12.0 Å². The Balaban J connectivity index is 0. The number of rotatable bonds is 19. The number of carboxylic acids is 1. The zero-order valence-corrected chi connectivity index (χ0v) is 19.6. The number of Topliss-reactive ketones (excluding diaryl/α,β-unsaturated/α-hetero) is 1. The van der Waals surface area contributed by atoms with Crippen molar-refractivity contribution in [1.82, 2.24) is 5.32 Å². The van der Waals surface area contributed by atoms with Gasteiger partial charge in [-0.3, -0.25) is 4.79 Å². The molecule has 0 rings (SSSR count). The minimum absolute atomic E-state index is 0.0630. The third-order valence-corrected chi connectivity index (χ3v) is 4.93. The van der Waals surface area contributed by atoms with Crippen molar-refractivity contribution in [3.05, 3.63) is 0 Å². The molecular formula is C24H47NO4. The van der Waals surface area contributed by atoms with Crippen molar-refractivity contribution in [1.29, 1.82) is 0 Å². The molecule has 0 aliphatic heterocycles. The van der Waals surface area contributed by atoms with E-state index in [2.05, 4.69) is 12.2 Å². The third kappa shape index (κ3) is 22.8. The summed E-state index contributed by atoms with van der Waals surface area (Å²) in [7, 11) is 0. The summed E-state index contributed by atoms with van der Waals surface area (Å²) in [6, 6.07) is -0.955. The molecular weight excluding hydrogens is 366 g/mol. The molecule has 29 heavy (non-hydrogen) atoms. The first-order chi connectivity index (χ1) is 14.0. The number of unbranched alkanes of at least 4 members (excludes halogenated alkanes) is 12. The molecule has 0 aliphatic rings. The van der Waals surface area contributed by atoms with Crippen LogP contribution in [-0.4, -0.2) is 28.8 Å². The molecule has 0 saturated carbocycles. The zero-order valence-electron chi connectivity index (χ0n) is 19.6. The molecule has 0 aromatic carbocycles. The lowest BCUT2D eigenvalue weighted by molar-refractivity contribution is -0.142. The van der Waals surface area contributed by atoms with Crippen LogP contribution in [0.25, 0.3) is 0 Å². The van der Waals surface area contributed by atoms with Crippen LogP contribution in [0.1, 0.15) is 130 Å². The fraction of sp³-hybridized carbons (Fsp3) is 0.875. The van der Waals surface area contributed by atoms with E-state index in [-0.39, 0.29) is 24.5 Å². The van der Waals surface area contributed by atoms with Gasteiger partial charge in [0.1, 0.15) is 11.8 Å². The van der Waals surface area contributed by atoms with Crippen LogP contribution < -0.4 is 5.32 Å². The fourth-order valence-corrected chi connectivity index (χ4v) is 3.17. The molecule has 0 aromatic heterocycles. The van der Waals surface area contributed by atoms with Gasteiger partial charge in [0.2, 0.25) is 5.91 Å². The minimum atomic E-state index is -1.07. The van der Waals surface area contributed by atoms with Gasteiger partial charge in [0.05, 0.1) is 0 Å². The van der Waals surface area contributed by atoms with Crippen molar-refractivity contribution in [2.45, 2.75) is 136 Å². The molecule has 0 spiro atoms. The second kappa shape index (κ2) is 22.9. The molecule has 2 N–H and O–H groups in total. The molecule has 0 heterocycles. The molecule has 0 saturated heterocycles. The quantitative estimate of drug-likeness (QED) is 0.239. The van der Waals surface area contributed by atoms with Crippen LogP contribution in [0.15, 0.2) is 0 Å². The van der Waals surface area contributed by atoms with Gasteiger partial charge >= 0.3 is 5.97 Å². The van der Waals surface area contributed by atoms with Gasteiger partial charge in [-0.05, 0) is 19.8 Å². The highest BCUT2D eigenvalue weighted by atomic mass is 16.4. The van der Waals surface area contributed by atoms with E-state index >= 15 is 0 Å². The van der Waals surface area contributed by atoms with Gasteiger partial charge < -0.3 is 15.2 Å². The number of aliphatic carboxylic acids is 1. The first-order valence-corrected chi connectivity index (χ1v) is 12.0. The van der Waals surface area contributed by atoms with Gasteiger partial charge in [-0.15, -0.1) is 0 Å². The van der Waals surface area contributed by atoms with E-state index in [0.29, 0.717) is 6.42 Å². The first-order valence-electron chi connectivity index (χ1n) is 12.0. The second-order valence-electron chi connectivity index (χ2n) is 7.69. The van der Waals surface area contributed by atoms with Gasteiger partial charge in [0.25, 0.3) is 0 Å². The lowest BCUT2D eigenvalue weighted by Crippen LogP contribution is -2.40. The molecule has 0 aromatic rings. The number of nitrogens with one attached hydrogen (secondary N) is 1. The molecule has 1 atom stereocenters. The van der Waals surface area contributed by atoms with Gasteiger partial charge in [-0.1, -0.05) is 97.8 Å². The van der Waals surface area contributed by atoms with Crippen molar-refractivity contribution < 1.29 is 19.5 Å². The van der Waals surface area contributed by atoms with Crippen LogP contribution in [0, 0.1) is 0 Å². The number of amides is 1. The summed E-state index contributed by atoms with van der Waals surface area (Å²) < 4.78 is 0. The van der Waals surface area contributed by atoms with Gasteiger partial charge in [-0.2, -0.15) is 0 Å². The highest BCUT2D eigenvalue weighted by Crippen LogP contribution is 2.13. The van der Waals surface area contributed by atoms with E-state index in [4.69, 9.17) is 5.11 Å². The number of carbonyl (C=O) groups excluding carboxylic acids is 2. The number of hydrogen-bond acceptors (Lipinski definition) is 3. The third-order valence-electron chi connectivity index (χ3n) is 4.93. The monoisotopic (exact) mass is 413 g/mol. The summed E-state index contributed by atoms with van der Waals surface area (Å²) in [6.45, 7) is 7.67. The van der Waals surface area contributed by atoms with E-state index in [9.17, 15) is 14.4 Å². The standard InChI is InChI=1S/C22H41NO4.C2H6/c1-3-4-5-6-7-8-9-10-11-12-13-14-15-16-21(25)23-20(22(26)27)18-17-19(2)24;1-2/h20H,3-18H2,1-2H3,(H,23,25)(H,26,27);1-2H3. The van der Waals surface area contributed by atoms with Crippen molar-refractivity contribution in [3.63, 3.8) is 0 Å². The summed E-state index contributed by atoms with van der Waals surface area (Å²) in [4.78, 5) is 33.9. The minimum Gasteiger partial charge on any atom is -0.480 e. The first kappa shape index (κ1) is 29.8. The smallest absolute Gasteiger partial charge is 0.326 e. The number of ketones is 1. The molecule has 0 radical (unpaired) electrons. The lowest BCUT2D eigenvalue weighted by atomic mass is 10.0. The maximum atomic E-state index is 11.8. The number of carboxylic acid groups (broad SMARTS) is 1. The van der Waals surface area contributed by atoms with Crippen LogP contribution in [0.5, 0.6) is 0 Å². The van der Waals surface area contributed by atoms with Gasteiger partial charge in [-0.25, -0.2) is 4.79 Å². The van der Waals surface area contributed by atoms with E-state index in [1.807, 2.05) is 13.8 Å². The Bertz CT molecular complexity index is 410. The highest BCUT2D eigenvalue weighted by molar-refractivity contribution is 5.84. The van der Waals surface area contributed by atoms with Crippen molar-refractivity contribution in [2.24, 2.45) is 0 Å². The largest absolute Gasteiger partial charge is 0.480 e. The Morgan fingerprint density at radius 1 is 0.724 bits per heavy atom. The van der Waals surface area contributed by atoms with Crippen LogP contribution in [-0.2, 0) is 14.4 Å². The number of carbonyl (C=O) groups is 3. The maximum Gasteiger partial charge on any atom is 0.326 e. The second-order valence-corrected chi connectivity index (χ2v) is 7.69. The lowest BCUT2D eigenvalue weighted by Gasteiger charge is -2.13. The van der Waals surface area contributed by atoms with E-state index in [1.54, 1.807) is 0 Å². The summed E-state index contributed by atoms with van der Waals surface area (Å²) in [5.74, 6) is -1.36. The summed E-state index contributed by atoms with van der Waals surface area (Å²) in [5.41, 5.74) is 0. The Morgan fingerprint density at radius 3 is 1.52 bits per heavy atom. The van der Waals surface area contributed by atoms with Crippen molar-refractivity contribution >= 4 is 17.7 Å². The molecule has 172 valence electrons. The molecule has 1 unspecified atom stereocenters. The van der Waals surface area contributed by atoms with Crippen molar-refractivity contribution in [3.8, 4) is 0 Å². The maximum absolute atomic E-state index is 11.8. The molecule has 0 fully saturated rings. The predicted octanol–water partition coefficient (Wildman–Crippen LogP) is 6.43. The highest BCUT2D eigenvalue weighted by Gasteiger charge is 2.19. The van der Waals surface area contributed by atoms with Crippen molar-refractivity contribution in [2.75, 3.05) is 0 Å². The average Bonchev–Trinajstić information content (AvgIpc) is 2.69. The Kier molecular flexibility index (Phi) is 23.5. The predicted molar refractivity (Wildman–Crippen MR) is 121 cm³/mol. The van der Waals surface area contributed by atoms with Crippen LogP contribution in [0.3, 0.4) is 0 Å². The van der Waals surface area contributed by atoms with Crippen LogP contribution >= 0.6 is 0 Å². The summed E-state index contributed by atoms with van der Waals surface area (Å²) >= 11 is 0. The molecule has 0 aliphatic carbocycles. The molecule has 5 heteroatoms. The normalized spacial score (nSPS) is 11.3. The SMILES string of the molecule is CC.CCCCCCCCCCCCCCCC(=O)NC(CCC(C)=O)C(=O)O. The van der Waals surface area contributed by atoms with Crippen LogP contribution in [0.2, 0.25) is 0 Å². The van der Waals surface area contributed by atoms with E-state index in [0.717, 1.165) is 19.3 Å². The number of hydrogen-bond donors (Lipinski definition) is 2. The summed E-state index contributed by atoms with van der Waals surface area (Å²) in [5, 5.41) is 11.6. The van der Waals surface area contributed by atoms with Gasteiger partial charge in [0, 0.05) is 12.8 Å². The van der Waals surface area contributed by atoms with Gasteiger partial charge in [0.15, 0.2) is 0 Å².